The first-order valence-corrected chi connectivity index (χ1v) is 8.84. The van der Waals surface area contributed by atoms with E-state index in [0.717, 1.165) is 18.4 Å². The van der Waals surface area contributed by atoms with Crippen LogP contribution < -0.4 is 4.74 Å². The van der Waals surface area contributed by atoms with Crippen LogP contribution in [-0.2, 0) is 5.88 Å². The second-order valence-corrected chi connectivity index (χ2v) is 7.29. The van der Waals surface area contributed by atoms with Gasteiger partial charge in [0.25, 0.3) is 0 Å². The summed E-state index contributed by atoms with van der Waals surface area (Å²) < 4.78 is 34.8. The average Bonchev–Trinajstić information content (AvgIpc) is 2.94. The van der Waals surface area contributed by atoms with Gasteiger partial charge in [-0.2, -0.15) is 0 Å². The quantitative estimate of drug-likeness (QED) is 0.558. The van der Waals surface area contributed by atoms with Gasteiger partial charge in [-0.15, -0.1) is 11.6 Å². The Kier molecular flexibility index (Phi) is 4.88. The predicted octanol–water partition coefficient (Wildman–Crippen LogP) is 6.58. The first kappa shape index (κ1) is 17.9. The van der Waals surface area contributed by atoms with Gasteiger partial charge in [0.05, 0.1) is 7.11 Å². The molecule has 4 heteroatoms. The first-order valence-electron chi connectivity index (χ1n) is 8.30. The second kappa shape index (κ2) is 6.80. The summed E-state index contributed by atoms with van der Waals surface area (Å²) >= 11 is 5.95. The SMILES string of the molecule is COc1ccc(F)c(-c2c(F)cc(CCl)cc2C2=CCCC2(C)C)c1. The highest BCUT2D eigenvalue weighted by Gasteiger charge is 2.31. The molecule has 0 spiro atoms. The molecule has 3 rings (SSSR count). The number of alkyl halides is 1. The van der Waals surface area contributed by atoms with Crippen LogP contribution in [0.4, 0.5) is 8.78 Å². The van der Waals surface area contributed by atoms with Gasteiger partial charge in [-0.25, -0.2) is 8.78 Å². The molecule has 2 aromatic carbocycles. The summed E-state index contributed by atoms with van der Waals surface area (Å²) in [6, 6.07) is 7.64. The molecule has 25 heavy (non-hydrogen) atoms. The fourth-order valence-corrected chi connectivity index (χ4v) is 3.67. The van der Waals surface area contributed by atoms with Crippen molar-refractivity contribution in [2.45, 2.75) is 32.6 Å². The lowest BCUT2D eigenvalue weighted by atomic mass is 9.79. The van der Waals surface area contributed by atoms with Crippen molar-refractivity contribution in [1.29, 1.82) is 0 Å². The van der Waals surface area contributed by atoms with Crippen molar-refractivity contribution >= 4 is 17.2 Å². The van der Waals surface area contributed by atoms with E-state index in [0.29, 0.717) is 16.9 Å². The summed E-state index contributed by atoms with van der Waals surface area (Å²) in [6.07, 6.45) is 4.03. The molecule has 0 unspecified atom stereocenters. The van der Waals surface area contributed by atoms with Crippen molar-refractivity contribution < 1.29 is 13.5 Å². The maximum Gasteiger partial charge on any atom is 0.132 e. The van der Waals surface area contributed by atoms with E-state index in [1.165, 1.54) is 25.3 Å². The van der Waals surface area contributed by atoms with Crippen molar-refractivity contribution in [3.05, 3.63) is 59.2 Å². The summed E-state index contributed by atoms with van der Waals surface area (Å²) in [5.41, 5.74) is 2.82. The lowest BCUT2D eigenvalue weighted by molar-refractivity contribution is 0.414. The molecule has 2 aromatic rings. The molecule has 1 nitrogen and oxygen atoms in total. The lowest BCUT2D eigenvalue weighted by Gasteiger charge is -2.26. The molecule has 132 valence electrons. The standard InChI is InChI=1S/C21H21ClF2O/c1-21(2)8-4-5-17(21)15-9-13(12-22)10-19(24)20(15)16-11-14(25-3)6-7-18(16)23/h5-7,9-11H,4,8,12H2,1-3H3. The Balaban J connectivity index is 2.30. The van der Waals surface area contributed by atoms with E-state index in [-0.39, 0.29) is 22.4 Å². The zero-order valence-electron chi connectivity index (χ0n) is 14.6. The Morgan fingerprint density at radius 3 is 2.44 bits per heavy atom. The van der Waals surface area contributed by atoms with Gasteiger partial charge in [-0.1, -0.05) is 19.9 Å². The number of halogens is 3. The minimum atomic E-state index is -0.476. The first-order chi connectivity index (χ1) is 11.9. The Morgan fingerprint density at radius 1 is 1.08 bits per heavy atom. The molecule has 0 heterocycles. The van der Waals surface area contributed by atoms with E-state index in [1.54, 1.807) is 6.07 Å². The van der Waals surface area contributed by atoms with Crippen LogP contribution in [0.2, 0.25) is 0 Å². The number of rotatable bonds is 4. The molecule has 0 atom stereocenters. The molecule has 0 saturated heterocycles. The van der Waals surface area contributed by atoms with Crippen LogP contribution in [-0.4, -0.2) is 7.11 Å². The van der Waals surface area contributed by atoms with Gasteiger partial charge in [0, 0.05) is 17.0 Å². The van der Waals surface area contributed by atoms with Crippen LogP contribution in [0.15, 0.2) is 36.4 Å². The molecule has 1 aliphatic rings. The summed E-state index contributed by atoms with van der Waals surface area (Å²) in [4.78, 5) is 0. The molecular weight excluding hydrogens is 342 g/mol. The number of hydrogen-bond acceptors (Lipinski definition) is 1. The molecule has 0 N–H and O–H groups in total. The largest absolute Gasteiger partial charge is 0.497 e. The van der Waals surface area contributed by atoms with Gasteiger partial charge < -0.3 is 4.74 Å². The fourth-order valence-electron chi connectivity index (χ4n) is 3.51. The zero-order valence-corrected chi connectivity index (χ0v) is 15.4. The number of hydrogen-bond donors (Lipinski definition) is 0. The third kappa shape index (κ3) is 3.30. The van der Waals surface area contributed by atoms with Gasteiger partial charge in [0.1, 0.15) is 17.4 Å². The number of allylic oxidation sites excluding steroid dienone is 2. The van der Waals surface area contributed by atoms with Gasteiger partial charge >= 0.3 is 0 Å². The highest BCUT2D eigenvalue weighted by atomic mass is 35.5. The van der Waals surface area contributed by atoms with Gasteiger partial charge in [-0.3, -0.25) is 0 Å². The van der Waals surface area contributed by atoms with Gasteiger partial charge in [-0.05, 0) is 65.3 Å². The monoisotopic (exact) mass is 362 g/mol. The van der Waals surface area contributed by atoms with Gasteiger partial charge in [0.15, 0.2) is 0 Å². The molecule has 0 radical (unpaired) electrons. The van der Waals surface area contributed by atoms with E-state index in [2.05, 4.69) is 19.9 Å². The molecule has 0 fully saturated rings. The van der Waals surface area contributed by atoms with Crippen molar-refractivity contribution in [1.82, 2.24) is 0 Å². The van der Waals surface area contributed by atoms with E-state index in [4.69, 9.17) is 16.3 Å². The third-order valence-corrected chi connectivity index (χ3v) is 5.19. The maximum absolute atomic E-state index is 15.0. The number of ether oxygens (including phenoxy) is 1. The summed E-state index contributed by atoms with van der Waals surface area (Å²) in [7, 11) is 1.51. The Bertz CT molecular complexity index is 840. The van der Waals surface area contributed by atoms with Crippen molar-refractivity contribution in [3.63, 3.8) is 0 Å². The van der Waals surface area contributed by atoms with Crippen LogP contribution in [0.5, 0.6) is 5.75 Å². The highest BCUT2D eigenvalue weighted by Crippen LogP contribution is 2.48. The van der Waals surface area contributed by atoms with Crippen LogP contribution >= 0.6 is 11.6 Å². The van der Waals surface area contributed by atoms with Crippen LogP contribution in [0.25, 0.3) is 16.7 Å². The van der Waals surface area contributed by atoms with E-state index >= 15 is 4.39 Å². The Labute approximate surface area is 152 Å². The van der Waals surface area contributed by atoms with Crippen LogP contribution in [0.1, 0.15) is 37.8 Å². The summed E-state index contributed by atoms with van der Waals surface area (Å²) in [5, 5.41) is 0. The molecule has 0 saturated carbocycles. The van der Waals surface area contributed by atoms with E-state index < -0.39 is 11.6 Å². The fraction of sp³-hybridized carbons (Fsp3) is 0.333. The number of methoxy groups -OCH3 is 1. The molecule has 0 aromatic heterocycles. The smallest absolute Gasteiger partial charge is 0.132 e. The summed E-state index contributed by atoms with van der Waals surface area (Å²) in [5.74, 6) is -0.249. The van der Waals surface area contributed by atoms with E-state index in [1.807, 2.05) is 6.07 Å². The third-order valence-electron chi connectivity index (χ3n) is 4.88. The minimum Gasteiger partial charge on any atom is -0.497 e. The molecule has 0 aliphatic heterocycles. The highest BCUT2D eigenvalue weighted by molar-refractivity contribution is 6.17. The normalized spacial score (nSPS) is 16.0. The van der Waals surface area contributed by atoms with Crippen molar-refractivity contribution in [3.8, 4) is 16.9 Å². The Morgan fingerprint density at radius 2 is 1.84 bits per heavy atom. The van der Waals surface area contributed by atoms with Gasteiger partial charge in [0.2, 0.25) is 0 Å². The Hall–Kier alpha value is -1.87. The van der Waals surface area contributed by atoms with E-state index in [9.17, 15) is 4.39 Å². The molecule has 1 aliphatic carbocycles. The summed E-state index contributed by atoms with van der Waals surface area (Å²) in [6.45, 7) is 4.26. The maximum atomic E-state index is 15.0. The topological polar surface area (TPSA) is 9.23 Å². The molecule has 0 bridgehead atoms. The van der Waals surface area contributed by atoms with Crippen molar-refractivity contribution in [2.24, 2.45) is 5.41 Å². The predicted molar refractivity (Wildman–Crippen MR) is 98.9 cm³/mol. The van der Waals surface area contributed by atoms with Crippen LogP contribution in [0.3, 0.4) is 0 Å². The molecular formula is C21H21ClF2O. The second-order valence-electron chi connectivity index (χ2n) is 7.02. The number of benzene rings is 2. The lowest BCUT2D eigenvalue weighted by Crippen LogP contribution is -2.11. The zero-order chi connectivity index (χ0) is 18.2. The van der Waals surface area contributed by atoms with Crippen LogP contribution in [0, 0.1) is 17.0 Å². The molecule has 0 amide bonds. The minimum absolute atomic E-state index is 0.0958. The average molecular weight is 363 g/mol. The van der Waals surface area contributed by atoms with Crippen molar-refractivity contribution in [2.75, 3.05) is 7.11 Å².